The van der Waals surface area contributed by atoms with Crippen LogP contribution in [0.15, 0.2) is 53.3 Å². The number of carbonyl (C=O) groups excluding carboxylic acids is 1. The molecule has 0 fully saturated rings. The molecule has 0 atom stereocenters. The molecule has 0 bridgehead atoms. The van der Waals surface area contributed by atoms with Crippen molar-refractivity contribution in [1.82, 2.24) is 15.1 Å². The molecular formula is C20H15Cl4N3O3. The van der Waals surface area contributed by atoms with Crippen LogP contribution >= 0.6 is 46.4 Å². The molecule has 0 radical (unpaired) electrons. The number of hydrogen-bond acceptors (Lipinski definition) is 4. The molecule has 3 aromatic rings. The van der Waals surface area contributed by atoms with Gasteiger partial charge in [-0.15, -0.1) is 0 Å². The van der Waals surface area contributed by atoms with Gasteiger partial charge in [0.05, 0.1) is 27.3 Å². The first kappa shape index (κ1) is 22.4. The van der Waals surface area contributed by atoms with Crippen LogP contribution in [0, 0.1) is 0 Å². The Kier molecular flexibility index (Phi) is 7.61. The van der Waals surface area contributed by atoms with E-state index in [9.17, 15) is 9.59 Å². The summed E-state index contributed by atoms with van der Waals surface area (Å²) in [6.07, 6.45) is 0. The molecule has 3 rings (SSSR count). The van der Waals surface area contributed by atoms with Gasteiger partial charge in [0.25, 0.3) is 11.5 Å². The average molecular weight is 487 g/mol. The van der Waals surface area contributed by atoms with Gasteiger partial charge in [-0.05, 0) is 24.3 Å². The van der Waals surface area contributed by atoms with E-state index in [-0.39, 0.29) is 52.0 Å². The highest BCUT2D eigenvalue weighted by Crippen LogP contribution is 2.33. The summed E-state index contributed by atoms with van der Waals surface area (Å²) in [5, 5.41) is 8.39. The maximum absolute atomic E-state index is 12.0. The molecule has 0 aliphatic carbocycles. The number of benzene rings is 2. The van der Waals surface area contributed by atoms with Gasteiger partial charge in [-0.25, -0.2) is 4.68 Å². The zero-order chi connectivity index (χ0) is 21.7. The summed E-state index contributed by atoms with van der Waals surface area (Å²) >= 11 is 23.7. The molecule has 1 N–H and O–H groups in total. The largest absolute Gasteiger partial charge is 0.482 e. The fraction of sp³-hybridized carbons (Fsp3) is 0.150. The van der Waals surface area contributed by atoms with Crippen LogP contribution in [0.4, 0.5) is 0 Å². The SMILES string of the molecule is O=C(COc1cc(Cl)c(Cl)cc1Cl)NCCn1nc(-c2ccc(Cl)cc2)ccc1=O. The third kappa shape index (κ3) is 5.89. The molecule has 6 nitrogen and oxygen atoms in total. The number of hydrogen-bond donors (Lipinski definition) is 1. The molecule has 0 saturated carbocycles. The fourth-order valence-corrected chi connectivity index (χ4v) is 3.21. The lowest BCUT2D eigenvalue weighted by molar-refractivity contribution is -0.123. The minimum Gasteiger partial charge on any atom is -0.482 e. The highest BCUT2D eigenvalue weighted by atomic mass is 35.5. The summed E-state index contributed by atoms with van der Waals surface area (Å²) in [6, 6.07) is 13.0. The standard InChI is InChI=1S/C20H15Cl4N3O3/c21-13-3-1-12(2-4-13)17-5-6-20(29)27(26-17)8-7-25-19(28)11-30-18-10-15(23)14(22)9-16(18)24/h1-6,9-10H,7-8,11H2,(H,25,28). The van der Waals surface area contributed by atoms with Crippen LogP contribution in [0.25, 0.3) is 11.3 Å². The van der Waals surface area contributed by atoms with Gasteiger partial charge >= 0.3 is 0 Å². The van der Waals surface area contributed by atoms with Crippen LogP contribution in [0.2, 0.25) is 20.1 Å². The van der Waals surface area contributed by atoms with Crippen molar-refractivity contribution in [3.63, 3.8) is 0 Å². The molecule has 0 aliphatic heterocycles. The Labute approximate surface area is 192 Å². The van der Waals surface area contributed by atoms with Gasteiger partial charge in [-0.1, -0.05) is 58.5 Å². The topological polar surface area (TPSA) is 73.2 Å². The molecule has 0 unspecified atom stereocenters. The van der Waals surface area contributed by atoms with E-state index in [1.54, 1.807) is 18.2 Å². The first-order chi connectivity index (χ1) is 14.3. The fourth-order valence-electron chi connectivity index (χ4n) is 2.49. The highest BCUT2D eigenvalue weighted by molar-refractivity contribution is 6.43. The Morgan fingerprint density at radius 3 is 2.40 bits per heavy atom. The van der Waals surface area contributed by atoms with Crippen molar-refractivity contribution in [2.75, 3.05) is 13.2 Å². The van der Waals surface area contributed by atoms with Gasteiger partial charge in [0.15, 0.2) is 6.61 Å². The first-order valence-electron chi connectivity index (χ1n) is 8.71. The number of ether oxygens (including phenoxy) is 1. The summed E-state index contributed by atoms with van der Waals surface area (Å²) < 4.78 is 6.64. The molecule has 0 aliphatic rings. The van der Waals surface area contributed by atoms with Crippen molar-refractivity contribution in [2.24, 2.45) is 0 Å². The smallest absolute Gasteiger partial charge is 0.266 e. The number of nitrogens with one attached hydrogen (secondary N) is 1. The summed E-state index contributed by atoms with van der Waals surface area (Å²) in [5.74, 6) is -0.145. The van der Waals surface area contributed by atoms with E-state index in [0.29, 0.717) is 10.7 Å². The third-order valence-electron chi connectivity index (χ3n) is 3.99. The van der Waals surface area contributed by atoms with Gasteiger partial charge in [-0.2, -0.15) is 5.10 Å². The molecule has 0 spiro atoms. The maximum Gasteiger partial charge on any atom is 0.266 e. The zero-order valence-corrected chi connectivity index (χ0v) is 18.4. The van der Waals surface area contributed by atoms with Gasteiger partial charge in [-0.3, -0.25) is 9.59 Å². The molecule has 1 aromatic heterocycles. The number of carbonyl (C=O) groups is 1. The van der Waals surface area contributed by atoms with Crippen LogP contribution < -0.4 is 15.6 Å². The van der Waals surface area contributed by atoms with Crippen LogP contribution in [-0.4, -0.2) is 28.8 Å². The maximum atomic E-state index is 12.0. The van der Waals surface area contributed by atoms with Gasteiger partial charge in [0, 0.05) is 29.3 Å². The predicted molar refractivity (Wildman–Crippen MR) is 119 cm³/mol. The van der Waals surface area contributed by atoms with Gasteiger partial charge < -0.3 is 10.1 Å². The lowest BCUT2D eigenvalue weighted by Crippen LogP contribution is -2.34. The van der Waals surface area contributed by atoms with Crippen molar-refractivity contribution in [2.45, 2.75) is 6.54 Å². The number of aromatic nitrogens is 2. The second-order valence-electron chi connectivity index (χ2n) is 6.12. The number of halogens is 4. The van der Waals surface area contributed by atoms with E-state index in [0.717, 1.165) is 5.56 Å². The second-order valence-corrected chi connectivity index (χ2v) is 7.78. The lowest BCUT2D eigenvalue weighted by atomic mass is 10.1. The summed E-state index contributed by atoms with van der Waals surface area (Å²) in [7, 11) is 0. The van der Waals surface area contributed by atoms with Crippen molar-refractivity contribution < 1.29 is 9.53 Å². The number of rotatable bonds is 7. The summed E-state index contributed by atoms with van der Waals surface area (Å²) in [5.41, 5.74) is 1.17. The summed E-state index contributed by atoms with van der Waals surface area (Å²) in [4.78, 5) is 24.1. The van der Waals surface area contributed by atoms with Gasteiger partial charge in [0.1, 0.15) is 5.75 Å². The quantitative estimate of drug-likeness (QED) is 0.490. The van der Waals surface area contributed by atoms with E-state index in [2.05, 4.69) is 10.4 Å². The Balaban J connectivity index is 1.55. The van der Waals surface area contributed by atoms with E-state index in [1.165, 1.54) is 22.9 Å². The second kappa shape index (κ2) is 10.2. The van der Waals surface area contributed by atoms with E-state index in [1.807, 2.05) is 12.1 Å². The molecule has 0 saturated heterocycles. The Bertz CT molecular complexity index is 1120. The van der Waals surface area contributed by atoms with E-state index >= 15 is 0 Å². The minimum atomic E-state index is -0.390. The van der Waals surface area contributed by atoms with Crippen molar-refractivity contribution in [3.8, 4) is 17.0 Å². The highest BCUT2D eigenvalue weighted by Gasteiger charge is 2.10. The average Bonchev–Trinajstić information content (AvgIpc) is 2.72. The monoisotopic (exact) mass is 485 g/mol. The van der Waals surface area contributed by atoms with Crippen molar-refractivity contribution in [3.05, 3.63) is 79.0 Å². The minimum absolute atomic E-state index is 0.189. The predicted octanol–water partition coefficient (Wildman–Crippen LogP) is 4.72. The first-order valence-corrected chi connectivity index (χ1v) is 10.2. The lowest BCUT2D eigenvalue weighted by Gasteiger charge is -2.11. The van der Waals surface area contributed by atoms with Crippen molar-refractivity contribution >= 4 is 52.3 Å². The molecule has 1 heterocycles. The Hall–Kier alpha value is -2.25. The van der Waals surface area contributed by atoms with Crippen LogP contribution in [-0.2, 0) is 11.3 Å². The molecule has 1 amide bonds. The van der Waals surface area contributed by atoms with Crippen LogP contribution in [0.3, 0.4) is 0 Å². The van der Waals surface area contributed by atoms with Crippen LogP contribution in [0.5, 0.6) is 5.75 Å². The number of amides is 1. The van der Waals surface area contributed by atoms with Gasteiger partial charge in [0.2, 0.25) is 0 Å². The van der Waals surface area contributed by atoms with E-state index in [4.69, 9.17) is 51.1 Å². The van der Waals surface area contributed by atoms with Crippen molar-refractivity contribution in [1.29, 1.82) is 0 Å². The normalized spacial score (nSPS) is 10.7. The number of nitrogens with zero attached hydrogens (tertiary/aromatic N) is 2. The zero-order valence-electron chi connectivity index (χ0n) is 15.4. The Morgan fingerprint density at radius 2 is 1.67 bits per heavy atom. The molecule has 30 heavy (non-hydrogen) atoms. The third-order valence-corrected chi connectivity index (χ3v) is 5.26. The molecular weight excluding hydrogens is 472 g/mol. The summed E-state index contributed by atoms with van der Waals surface area (Å²) in [6.45, 7) is 0.110. The molecule has 156 valence electrons. The molecule has 2 aromatic carbocycles. The van der Waals surface area contributed by atoms with E-state index < -0.39 is 0 Å². The van der Waals surface area contributed by atoms with Crippen LogP contribution in [0.1, 0.15) is 0 Å². The Morgan fingerprint density at radius 1 is 0.967 bits per heavy atom. The molecule has 10 heteroatoms.